The Kier molecular flexibility index (Phi) is 4.84. The van der Waals surface area contributed by atoms with Gasteiger partial charge in [-0.2, -0.15) is 0 Å². The number of ether oxygens (including phenoxy) is 1. The topological polar surface area (TPSA) is 21.3 Å². The first kappa shape index (κ1) is 14.3. The fourth-order valence-corrected chi connectivity index (χ4v) is 2.13. The van der Waals surface area contributed by atoms with Gasteiger partial charge in [0.1, 0.15) is 5.75 Å². The van der Waals surface area contributed by atoms with Crippen molar-refractivity contribution in [3.63, 3.8) is 0 Å². The van der Waals surface area contributed by atoms with Crippen LogP contribution in [0.15, 0.2) is 12.1 Å². The highest BCUT2D eigenvalue weighted by atomic mass is 35.5. The Hall–Kier alpha value is -0.730. The van der Waals surface area contributed by atoms with Crippen molar-refractivity contribution in [1.29, 1.82) is 0 Å². The summed E-state index contributed by atoms with van der Waals surface area (Å²) in [6.45, 7) is 7.43. The maximum atomic E-state index is 6.19. The van der Waals surface area contributed by atoms with Gasteiger partial charge >= 0.3 is 0 Å². The molecule has 1 aromatic carbocycles. The highest BCUT2D eigenvalue weighted by Crippen LogP contribution is 2.36. The lowest BCUT2D eigenvalue weighted by Crippen LogP contribution is -2.16. The second-order valence-corrected chi connectivity index (χ2v) is 5.69. The fraction of sp³-hybridized carbons (Fsp3) is 0.571. The highest BCUT2D eigenvalue weighted by Gasteiger charge is 2.21. The van der Waals surface area contributed by atoms with Gasteiger partial charge in [0.2, 0.25) is 0 Å². The van der Waals surface area contributed by atoms with Crippen molar-refractivity contribution in [2.45, 2.75) is 32.6 Å². The Morgan fingerprint density at radius 2 is 1.94 bits per heavy atom. The molecule has 0 fully saturated rings. The van der Waals surface area contributed by atoms with Crippen molar-refractivity contribution >= 4 is 11.6 Å². The first-order valence-corrected chi connectivity index (χ1v) is 6.29. The molecule has 0 radical (unpaired) electrons. The molecule has 0 saturated carbocycles. The molecule has 3 heteroatoms. The summed E-state index contributed by atoms with van der Waals surface area (Å²) in [7, 11) is 3.67. The molecule has 0 aliphatic carbocycles. The summed E-state index contributed by atoms with van der Waals surface area (Å²) in [6, 6.07) is 4.00. The van der Waals surface area contributed by atoms with E-state index in [4.69, 9.17) is 16.3 Å². The van der Waals surface area contributed by atoms with Crippen LogP contribution in [0, 0.1) is 0 Å². The van der Waals surface area contributed by atoms with Gasteiger partial charge in [0.25, 0.3) is 0 Å². The Morgan fingerprint density at radius 1 is 1.29 bits per heavy atom. The summed E-state index contributed by atoms with van der Waals surface area (Å²) < 4.78 is 5.57. The minimum atomic E-state index is 0.0324. The predicted octanol–water partition coefficient (Wildman–Crippen LogP) is 3.41. The van der Waals surface area contributed by atoms with E-state index < -0.39 is 0 Å². The molecule has 0 atom stereocenters. The maximum Gasteiger partial charge on any atom is 0.125 e. The van der Waals surface area contributed by atoms with Crippen LogP contribution in [0.4, 0.5) is 0 Å². The third kappa shape index (κ3) is 3.62. The van der Waals surface area contributed by atoms with Crippen LogP contribution in [0.2, 0.25) is 5.02 Å². The SMILES string of the molecule is CNCCc1cc(Cl)cc(C(C)(C)C)c1OC. The van der Waals surface area contributed by atoms with Gasteiger partial charge < -0.3 is 10.1 Å². The van der Waals surface area contributed by atoms with E-state index in [0.29, 0.717) is 0 Å². The first-order chi connectivity index (χ1) is 7.90. The normalized spacial score (nSPS) is 11.6. The summed E-state index contributed by atoms with van der Waals surface area (Å²) in [5, 5.41) is 3.93. The van der Waals surface area contributed by atoms with Crippen LogP contribution in [0.5, 0.6) is 5.75 Å². The van der Waals surface area contributed by atoms with E-state index in [1.165, 1.54) is 11.1 Å². The zero-order valence-electron chi connectivity index (χ0n) is 11.4. The third-order valence-electron chi connectivity index (χ3n) is 2.79. The highest BCUT2D eigenvalue weighted by molar-refractivity contribution is 6.30. The van der Waals surface area contributed by atoms with E-state index in [-0.39, 0.29) is 5.41 Å². The number of halogens is 1. The number of hydrogen-bond donors (Lipinski definition) is 1. The average Bonchev–Trinajstić information content (AvgIpc) is 2.24. The molecule has 0 unspecified atom stereocenters. The summed E-state index contributed by atoms with van der Waals surface area (Å²) in [5.74, 6) is 0.970. The van der Waals surface area contributed by atoms with Crippen LogP contribution in [-0.4, -0.2) is 20.7 Å². The zero-order valence-corrected chi connectivity index (χ0v) is 12.1. The van der Waals surface area contributed by atoms with E-state index in [1.807, 2.05) is 19.2 Å². The van der Waals surface area contributed by atoms with Crippen LogP contribution in [0.25, 0.3) is 0 Å². The molecular formula is C14H22ClNO. The molecular weight excluding hydrogens is 234 g/mol. The largest absolute Gasteiger partial charge is 0.496 e. The minimum absolute atomic E-state index is 0.0324. The van der Waals surface area contributed by atoms with Crippen LogP contribution in [-0.2, 0) is 11.8 Å². The quantitative estimate of drug-likeness (QED) is 0.890. The maximum absolute atomic E-state index is 6.19. The number of nitrogens with one attached hydrogen (secondary N) is 1. The van der Waals surface area contributed by atoms with E-state index in [0.717, 1.165) is 23.7 Å². The lowest BCUT2D eigenvalue weighted by Gasteiger charge is -2.24. The molecule has 1 rings (SSSR count). The monoisotopic (exact) mass is 255 g/mol. The number of methoxy groups -OCH3 is 1. The van der Waals surface area contributed by atoms with Gasteiger partial charge in [-0.05, 0) is 43.1 Å². The van der Waals surface area contributed by atoms with Crippen molar-refractivity contribution < 1.29 is 4.74 Å². The minimum Gasteiger partial charge on any atom is -0.496 e. The fourth-order valence-electron chi connectivity index (χ4n) is 1.89. The lowest BCUT2D eigenvalue weighted by atomic mass is 9.85. The standard InChI is InChI=1S/C14H22ClNO/c1-14(2,3)12-9-11(15)8-10(6-7-16-4)13(12)17-5/h8-9,16H,6-7H2,1-5H3. The predicted molar refractivity (Wildman–Crippen MR) is 74.3 cm³/mol. The molecule has 0 heterocycles. The molecule has 17 heavy (non-hydrogen) atoms. The van der Waals surface area contributed by atoms with Gasteiger partial charge in [0.05, 0.1) is 7.11 Å². The summed E-state index contributed by atoms with van der Waals surface area (Å²) >= 11 is 6.19. The number of benzene rings is 1. The number of rotatable bonds is 4. The molecule has 0 saturated heterocycles. The number of hydrogen-bond acceptors (Lipinski definition) is 2. The van der Waals surface area contributed by atoms with Crippen LogP contribution in [0.3, 0.4) is 0 Å². The van der Waals surface area contributed by atoms with Crippen molar-refractivity contribution in [2.75, 3.05) is 20.7 Å². The molecule has 0 aromatic heterocycles. The van der Waals surface area contributed by atoms with E-state index in [9.17, 15) is 0 Å². The molecule has 0 amide bonds. The lowest BCUT2D eigenvalue weighted by molar-refractivity contribution is 0.392. The zero-order chi connectivity index (χ0) is 13.1. The molecule has 0 aliphatic rings. The van der Waals surface area contributed by atoms with Gasteiger partial charge in [-0.3, -0.25) is 0 Å². The molecule has 0 spiro atoms. The summed E-state index contributed by atoms with van der Waals surface area (Å²) in [5.41, 5.74) is 2.36. The van der Waals surface area contributed by atoms with Crippen molar-refractivity contribution in [2.24, 2.45) is 0 Å². The first-order valence-electron chi connectivity index (χ1n) is 5.91. The number of likely N-dealkylation sites (N-methyl/N-ethyl adjacent to an activating group) is 1. The van der Waals surface area contributed by atoms with Crippen LogP contribution >= 0.6 is 11.6 Å². The van der Waals surface area contributed by atoms with E-state index >= 15 is 0 Å². The van der Waals surface area contributed by atoms with Gasteiger partial charge in [-0.25, -0.2) is 0 Å². The van der Waals surface area contributed by atoms with Gasteiger partial charge in [0, 0.05) is 10.6 Å². The Bertz CT molecular complexity index is 383. The molecule has 1 aromatic rings. The Balaban J connectivity index is 3.25. The summed E-state index contributed by atoms with van der Waals surface area (Å²) in [6.07, 6.45) is 0.920. The molecule has 2 nitrogen and oxygen atoms in total. The second-order valence-electron chi connectivity index (χ2n) is 5.25. The Labute approximate surface area is 109 Å². The van der Waals surface area contributed by atoms with Crippen LogP contribution < -0.4 is 10.1 Å². The van der Waals surface area contributed by atoms with Crippen LogP contribution in [0.1, 0.15) is 31.9 Å². The average molecular weight is 256 g/mol. The van der Waals surface area contributed by atoms with Crippen molar-refractivity contribution in [3.8, 4) is 5.75 Å². The summed E-state index contributed by atoms with van der Waals surface area (Å²) in [4.78, 5) is 0. The molecule has 96 valence electrons. The smallest absolute Gasteiger partial charge is 0.125 e. The van der Waals surface area contributed by atoms with Crippen molar-refractivity contribution in [1.82, 2.24) is 5.32 Å². The van der Waals surface area contributed by atoms with Gasteiger partial charge in [-0.1, -0.05) is 32.4 Å². The van der Waals surface area contributed by atoms with E-state index in [1.54, 1.807) is 7.11 Å². The molecule has 0 bridgehead atoms. The second kappa shape index (κ2) is 5.74. The van der Waals surface area contributed by atoms with E-state index in [2.05, 4.69) is 26.1 Å². The third-order valence-corrected chi connectivity index (χ3v) is 3.01. The van der Waals surface area contributed by atoms with Crippen molar-refractivity contribution in [3.05, 3.63) is 28.3 Å². The molecule has 0 aliphatic heterocycles. The van der Waals surface area contributed by atoms with Gasteiger partial charge in [0.15, 0.2) is 0 Å². The molecule has 1 N–H and O–H groups in total. The van der Waals surface area contributed by atoms with Gasteiger partial charge in [-0.15, -0.1) is 0 Å². The Morgan fingerprint density at radius 3 is 2.41 bits per heavy atom.